The fourth-order valence-corrected chi connectivity index (χ4v) is 1.11. The summed E-state index contributed by atoms with van der Waals surface area (Å²) in [5.74, 6) is 0.400. The van der Waals surface area contributed by atoms with Gasteiger partial charge in [0, 0.05) is 0 Å². The SMILES string of the molecule is C=C(OCC)c1nc(Cl)ncc1Cl. The minimum absolute atomic E-state index is 0.125. The molecule has 0 fully saturated rings. The maximum absolute atomic E-state index is 5.80. The van der Waals surface area contributed by atoms with Gasteiger partial charge in [-0.1, -0.05) is 18.2 Å². The molecule has 0 aliphatic rings. The minimum atomic E-state index is 0.125. The van der Waals surface area contributed by atoms with Gasteiger partial charge in [0.25, 0.3) is 0 Å². The van der Waals surface area contributed by atoms with E-state index in [1.165, 1.54) is 6.20 Å². The predicted octanol–water partition coefficient (Wildman–Crippen LogP) is 2.79. The Morgan fingerprint density at radius 2 is 2.31 bits per heavy atom. The molecule has 0 saturated carbocycles. The van der Waals surface area contributed by atoms with Gasteiger partial charge in [-0.2, -0.15) is 0 Å². The molecule has 0 saturated heterocycles. The van der Waals surface area contributed by atoms with Crippen molar-refractivity contribution in [1.29, 1.82) is 0 Å². The van der Waals surface area contributed by atoms with E-state index in [0.717, 1.165) is 0 Å². The van der Waals surface area contributed by atoms with E-state index in [-0.39, 0.29) is 5.28 Å². The van der Waals surface area contributed by atoms with Crippen molar-refractivity contribution in [2.45, 2.75) is 6.92 Å². The van der Waals surface area contributed by atoms with Crippen LogP contribution in [-0.4, -0.2) is 16.6 Å². The minimum Gasteiger partial charge on any atom is -0.492 e. The second-order valence-corrected chi connectivity index (χ2v) is 2.94. The summed E-state index contributed by atoms with van der Waals surface area (Å²) >= 11 is 11.4. The molecular weight excluding hydrogens is 211 g/mol. The monoisotopic (exact) mass is 218 g/mol. The maximum Gasteiger partial charge on any atom is 0.223 e. The lowest BCUT2D eigenvalue weighted by Gasteiger charge is -2.06. The van der Waals surface area contributed by atoms with Gasteiger partial charge >= 0.3 is 0 Å². The molecule has 70 valence electrons. The highest BCUT2D eigenvalue weighted by atomic mass is 35.5. The standard InChI is InChI=1S/C8H8Cl2N2O/c1-3-13-5(2)7-6(9)4-11-8(10)12-7/h4H,2-3H2,1H3. The Hall–Kier alpha value is -0.800. The summed E-state index contributed by atoms with van der Waals surface area (Å²) in [7, 11) is 0. The van der Waals surface area contributed by atoms with Gasteiger partial charge in [0.1, 0.15) is 11.5 Å². The molecule has 0 bridgehead atoms. The van der Waals surface area contributed by atoms with Crippen molar-refractivity contribution in [2.24, 2.45) is 0 Å². The van der Waals surface area contributed by atoms with Crippen LogP contribution in [0.25, 0.3) is 5.76 Å². The Balaban J connectivity index is 2.99. The second-order valence-electron chi connectivity index (χ2n) is 2.19. The molecule has 1 rings (SSSR count). The first-order valence-electron chi connectivity index (χ1n) is 3.65. The largest absolute Gasteiger partial charge is 0.492 e. The predicted molar refractivity (Wildman–Crippen MR) is 52.7 cm³/mol. The maximum atomic E-state index is 5.80. The zero-order valence-electron chi connectivity index (χ0n) is 7.05. The van der Waals surface area contributed by atoms with Crippen molar-refractivity contribution in [1.82, 2.24) is 9.97 Å². The molecule has 0 unspecified atom stereocenters. The van der Waals surface area contributed by atoms with E-state index in [2.05, 4.69) is 16.5 Å². The van der Waals surface area contributed by atoms with Crippen LogP contribution in [0.4, 0.5) is 0 Å². The van der Waals surface area contributed by atoms with E-state index < -0.39 is 0 Å². The van der Waals surface area contributed by atoms with Gasteiger partial charge in [0.15, 0.2) is 0 Å². The fourth-order valence-electron chi connectivity index (χ4n) is 0.784. The molecule has 3 nitrogen and oxygen atoms in total. The average Bonchev–Trinajstić information content (AvgIpc) is 2.09. The van der Waals surface area contributed by atoms with Gasteiger partial charge in [-0.15, -0.1) is 0 Å². The molecular formula is C8H8Cl2N2O. The molecule has 1 aromatic rings. The Kier molecular flexibility index (Phi) is 3.51. The van der Waals surface area contributed by atoms with Gasteiger partial charge in [-0.25, -0.2) is 9.97 Å². The number of halogens is 2. The quantitative estimate of drug-likeness (QED) is 0.579. The average molecular weight is 219 g/mol. The number of hydrogen-bond donors (Lipinski definition) is 0. The van der Waals surface area contributed by atoms with Crippen molar-refractivity contribution >= 4 is 29.0 Å². The van der Waals surface area contributed by atoms with E-state index in [1.807, 2.05) is 6.92 Å². The highest BCUT2D eigenvalue weighted by Crippen LogP contribution is 2.21. The summed E-state index contributed by atoms with van der Waals surface area (Å²) in [6.45, 7) is 6.02. The molecule has 1 aromatic heterocycles. The second kappa shape index (κ2) is 4.44. The molecule has 5 heteroatoms. The summed E-state index contributed by atoms with van der Waals surface area (Å²) in [6.07, 6.45) is 1.41. The molecule has 0 aromatic carbocycles. The number of nitrogens with zero attached hydrogens (tertiary/aromatic N) is 2. The zero-order chi connectivity index (χ0) is 9.84. The van der Waals surface area contributed by atoms with Crippen molar-refractivity contribution in [3.05, 3.63) is 28.8 Å². The van der Waals surface area contributed by atoms with Gasteiger partial charge in [0.2, 0.25) is 5.28 Å². The molecule has 0 amide bonds. The fraction of sp³-hybridized carbons (Fsp3) is 0.250. The van der Waals surface area contributed by atoms with E-state index in [1.54, 1.807) is 0 Å². The molecule has 0 aliphatic heterocycles. The number of hydrogen-bond acceptors (Lipinski definition) is 3. The Bertz CT molecular complexity index is 328. The van der Waals surface area contributed by atoms with Crippen LogP contribution in [0.5, 0.6) is 0 Å². The Morgan fingerprint density at radius 1 is 1.62 bits per heavy atom. The first kappa shape index (κ1) is 10.3. The van der Waals surface area contributed by atoms with Crippen LogP contribution in [0.3, 0.4) is 0 Å². The van der Waals surface area contributed by atoms with Gasteiger partial charge in [-0.05, 0) is 18.5 Å². The number of rotatable bonds is 3. The first-order chi connectivity index (χ1) is 6.15. The molecule has 0 spiro atoms. The van der Waals surface area contributed by atoms with Crippen molar-refractivity contribution in [3.63, 3.8) is 0 Å². The Morgan fingerprint density at radius 3 is 2.92 bits per heavy atom. The number of aromatic nitrogens is 2. The van der Waals surface area contributed by atoms with Crippen molar-refractivity contribution in [3.8, 4) is 0 Å². The van der Waals surface area contributed by atoms with Gasteiger partial charge < -0.3 is 4.74 Å². The number of ether oxygens (including phenoxy) is 1. The third-order valence-electron chi connectivity index (χ3n) is 1.30. The first-order valence-corrected chi connectivity index (χ1v) is 4.41. The third kappa shape index (κ3) is 2.57. The smallest absolute Gasteiger partial charge is 0.223 e. The molecule has 0 N–H and O–H groups in total. The van der Waals surface area contributed by atoms with Crippen molar-refractivity contribution < 1.29 is 4.74 Å². The third-order valence-corrected chi connectivity index (χ3v) is 1.76. The van der Waals surface area contributed by atoms with Crippen LogP contribution in [0.2, 0.25) is 10.3 Å². The van der Waals surface area contributed by atoms with Crippen LogP contribution in [-0.2, 0) is 4.74 Å². The summed E-state index contributed by atoms with van der Waals surface area (Å²) in [5.41, 5.74) is 0.434. The lowest BCUT2D eigenvalue weighted by atomic mass is 10.3. The topological polar surface area (TPSA) is 35.0 Å². The summed E-state index contributed by atoms with van der Waals surface area (Å²) in [6, 6.07) is 0. The van der Waals surface area contributed by atoms with Crippen LogP contribution in [0, 0.1) is 0 Å². The van der Waals surface area contributed by atoms with E-state index in [0.29, 0.717) is 23.1 Å². The molecule has 13 heavy (non-hydrogen) atoms. The summed E-state index contributed by atoms with van der Waals surface area (Å²) in [4.78, 5) is 7.60. The van der Waals surface area contributed by atoms with E-state index in [9.17, 15) is 0 Å². The zero-order valence-corrected chi connectivity index (χ0v) is 8.56. The van der Waals surface area contributed by atoms with Crippen molar-refractivity contribution in [2.75, 3.05) is 6.61 Å². The summed E-state index contributed by atoms with van der Waals surface area (Å²) in [5, 5.41) is 0.503. The molecule has 1 heterocycles. The Labute approximate surface area is 86.4 Å². The van der Waals surface area contributed by atoms with E-state index >= 15 is 0 Å². The van der Waals surface area contributed by atoms with Gasteiger partial charge in [0.05, 0.1) is 17.8 Å². The highest BCUT2D eigenvalue weighted by molar-refractivity contribution is 6.32. The van der Waals surface area contributed by atoms with Crippen LogP contribution >= 0.6 is 23.2 Å². The van der Waals surface area contributed by atoms with Crippen LogP contribution in [0.15, 0.2) is 12.8 Å². The van der Waals surface area contributed by atoms with Crippen LogP contribution in [0.1, 0.15) is 12.6 Å². The normalized spacial score (nSPS) is 9.77. The lowest BCUT2D eigenvalue weighted by Crippen LogP contribution is -1.96. The van der Waals surface area contributed by atoms with E-state index in [4.69, 9.17) is 27.9 Å². The highest BCUT2D eigenvalue weighted by Gasteiger charge is 2.08. The van der Waals surface area contributed by atoms with Crippen LogP contribution < -0.4 is 0 Å². The molecule has 0 atom stereocenters. The molecule has 0 aliphatic carbocycles. The lowest BCUT2D eigenvalue weighted by molar-refractivity contribution is 0.297. The van der Waals surface area contributed by atoms with Gasteiger partial charge in [-0.3, -0.25) is 0 Å². The molecule has 0 radical (unpaired) electrons. The summed E-state index contributed by atoms with van der Waals surface area (Å²) < 4.78 is 5.14.